The van der Waals surface area contributed by atoms with Crippen LogP contribution in [-0.2, 0) is 14.3 Å². The topological polar surface area (TPSA) is 63.6 Å². The summed E-state index contributed by atoms with van der Waals surface area (Å²) in [6.45, 7) is 8.44. The first-order valence-electron chi connectivity index (χ1n) is 10.6. The van der Waals surface area contributed by atoms with Crippen LogP contribution in [0.1, 0.15) is 85.5 Å². The number of carboxylic acid groups (broad SMARTS) is 1. The standard InChI is InChI=1S/2C12H20O2/c1-3-5-6-7-8-9-10-11-12(13)14-4-2;1-3-5-6-7-8-9-10-11(4-2)12(13)14/h8-11H,3-7H2,1-2H3;8-10H,3-7H2,1-2H3,(H,13,14)/b;9-8-,11-10+. The number of carboxylic acids is 1. The first-order chi connectivity index (χ1) is 13.5. The molecular formula is C24H40O4. The molecule has 0 radical (unpaired) electrons. The molecule has 1 N–H and O–H groups in total. The lowest BCUT2D eigenvalue weighted by Crippen LogP contribution is -1.98. The van der Waals surface area contributed by atoms with E-state index >= 15 is 0 Å². The van der Waals surface area contributed by atoms with E-state index in [4.69, 9.17) is 9.84 Å². The zero-order valence-electron chi connectivity index (χ0n) is 18.3. The van der Waals surface area contributed by atoms with Crippen molar-refractivity contribution >= 4 is 11.9 Å². The Kier molecular flexibility index (Phi) is 23.0. The largest absolute Gasteiger partial charge is 0.478 e. The molecule has 0 aliphatic heterocycles. The van der Waals surface area contributed by atoms with Crippen LogP contribution in [0.2, 0.25) is 0 Å². The molecule has 0 saturated heterocycles. The molecule has 4 nitrogen and oxygen atoms in total. The number of aliphatic carboxylic acids is 1. The zero-order valence-corrected chi connectivity index (χ0v) is 18.3. The Hall–Kier alpha value is -2.10. The van der Waals surface area contributed by atoms with E-state index in [1.54, 1.807) is 19.1 Å². The number of allylic oxidation sites excluding steroid dienone is 6. The molecular weight excluding hydrogens is 352 g/mol. The monoisotopic (exact) mass is 392 g/mol. The summed E-state index contributed by atoms with van der Waals surface area (Å²) >= 11 is 0. The molecule has 0 heterocycles. The van der Waals surface area contributed by atoms with Gasteiger partial charge in [0.1, 0.15) is 0 Å². The smallest absolute Gasteiger partial charge is 0.331 e. The lowest BCUT2D eigenvalue weighted by atomic mass is 10.1. The van der Waals surface area contributed by atoms with Crippen LogP contribution >= 0.6 is 0 Å². The number of hydrogen-bond donors (Lipinski definition) is 1. The Labute approximate surface area is 172 Å². The van der Waals surface area contributed by atoms with Gasteiger partial charge in [-0.2, -0.15) is 0 Å². The summed E-state index contributed by atoms with van der Waals surface area (Å²) in [7, 11) is 0. The molecule has 0 aromatic carbocycles. The molecule has 0 aromatic heterocycles. The molecule has 0 aliphatic rings. The second-order valence-electron chi connectivity index (χ2n) is 6.31. The van der Waals surface area contributed by atoms with Gasteiger partial charge < -0.3 is 9.84 Å². The number of hydrogen-bond acceptors (Lipinski definition) is 3. The van der Waals surface area contributed by atoms with Crippen LogP contribution in [0.3, 0.4) is 0 Å². The van der Waals surface area contributed by atoms with Crippen LogP contribution in [0.15, 0.2) is 48.1 Å². The maximum absolute atomic E-state index is 10.8. The number of rotatable bonds is 14. The minimum absolute atomic E-state index is 0.272. The molecule has 0 saturated carbocycles. The molecule has 0 aromatic rings. The van der Waals surface area contributed by atoms with Crippen LogP contribution in [0.4, 0.5) is 0 Å². The Bertz CT molecular complexity index is 497. The van der Waals surface area contributed by atoms with Gasteiger partial charge in [0, 0.05) is 11.6 Å². The van der Waals surface area contributed by atoms with Crippen molar-refractivity contribution in [3.05, 3.63) is 48.1 Å². The van der Waals surface area contributed by atoms with Gasteiger partial charge in [-0.05, 0) is 39.0 Å². The van der Waals surface area contributed by atoms with E-state index in [1.807, 2.05) is 25.2 Å². The quantitative estimate of drug-likeness (QED) is 0.153. The van der Waals surface area contributed by atoms with Crippen LogP contribution in [-0.4, -0.2) is 23.7 Å². The molecule has 0 bridgehead atoms. The van der Waals surface area contributed by atoms with Crippen LogP contribution in [0, 0.1) is 0 Å². The SMILES string of the molecule is CCCCC/C=C\C=C(/CC)C(=O)O.CCCCCC=CC=CC(=O)OCC. The average molecular weight is 393 g/mol. The highest BCUT2D eigenvalue weighted by molar-refractivity contribution is 5.86. The molecule has 0 rings (SSSR count). The second kappa shape index (κ2) is 22.9. The Morgan fingerprint density at radius 2 is 1.39 bits per heavy atom. The highest BCUT2D eigenvalue weighted by atomic mass is 16.5. The van der Waals surface area contributed by atoms with Crippen molar-refractivity contribution in [1.82, 2.24) is 0 Å². The normalized spacial score (nSPS) is 11.8. The first kappa shape index (κ1) is 28.1. The summed E-state index contributed by atoms with van der Waals surface area (Å²) in [6.07, 6.45) is 22.8. The number of ether oxygens (including phenoxy) is 1. The van der Waals surface area contributed by atoms with E-state index in [0.717, 1.165) is 12.8 Å². The van der Waals surface area contributed by atoms with E-state index in [0.29, 0.717) is 18.6 Å². The van der Waals surface area contributed by atoms with Gasteiger partial charge in [-0.3, -0.25) is 0 Å². The summed E-state index contributed by atoms with van der Waals surface area (Å²) in [5, 5.41) is 8.71. The third kappa shape index (κ3) is 21.9. The fourth-order valence-corrected chi connectivity index (χ4v) is 2.14. The number of esters is 1. The molecule has 0 unspecified atom stereocenters. The van der Waals surface area contributed by atoms with Gasteiger partial charge in [0.25, 0.3) is 0 Å². The fraction of sp³-hybridized carbons (Fsp3) is 0.583. The van der Waals surface area contributed by atoms with E-state index in [9.17, 15) is 9.59 Å². The minimum Gasteiger partial charge on any atom is -0.478 e. The summed E-state index contributed by atoms with van der Waals surface area (Å²) in [6, 6.07) is 0. The van der Waals surface area contributed by atoms with Crippen molar-refractivity contribution in [1.29, 1.82) is 0 Å². The summed E-state index contributed by atoms with van der Waals surface area (Å²) in [5.41, 5.74) is 0.469. The molecule has 28 heavy (non-hydrogen) atoms. The molecule has 0 amide bonds. The maximum Gasteiger partial charge on any atom is 0.331 e. The lowest BCUT2D eigenvalue weighted by molar-refractivity contribution is -0.137. The molecule has 0 atom stereocenters. The number of carbonyl (C=O) groups is 2. The molecule has 4 heteroatoms. The van der Waals surface area contributed by atoms with Crippen molar-refractivity contribution < 1.29 is 19.4 Å². The average Bonchev–Trinajstić information content (AvgIpc) is 2.67. The molecule has 160 valence electrons. The van der Waals surface area contributed by atoms with Crippen LogP contribution in [0.5, 0.6) is 0 Å². The van der Waals surface area contributed by atoms with Crippen molar-refractivity contribution in [3.63, 3.8) is 0 Å². The van der Waals surface area contributed by atoms with Crippen molar-refractivity contribution in [2.75, 3.05) is 6.61 Å². The lowest BCUT2D eigenvalue weighted by Gasteiger charge is -1.94. The maximum atomic E-state index is 10.8. The predicted octanol–water partition coefficient (Wildman–Crippen LogP) is 6.79. The zero-order chi connectivity index (χ0) is 21.5. The van der Waals surface area contributed by atoms with Gasteiger partial charge in [-0.1, -0.05) is 82.9 Å². The highest BCUT2D eigenvalue weighted by Crippen LogP contribution is 2.03. The van der Waals surface area contributed by atoms with Gasteiger partial charge in [-0.25, -0.2) is 9.59 Å². The second-order valence-corrected chi connectivity index (χ2v) is 6.31. The highest BCUT2D eigenvalue weighted by Gasteiger charge is 2.00. The van der Waals surface area contributed by atoms with Gasteiger partial charge in [-0.15, -0.1) is 0 Å². The summed E-state index contributed by atoms with van der Waals surface area (Å²) in [4.78, 5) is 21.4. The third-order valence-electron chi connectivity index (χ3n) is 3.80. The van der Waals surface area contributed by atoms with Gasteiger partial charge in [0.2, 0.25) is 0 Å². The third-order valence-corrected chi connectivity index (χ3v) is 3.80. The van der Waals surface area contributed by atoms with Crippen LogP contribution < -0.4 is 0 Å². The van der Waals surface area contributed by atoms with Gasteiger partial charge in [0.15, 0.2) is 0 Å². The van der Waals surface area contributed by atoms with E-state index in [-0.39, 0.29) is 5.97 Å². The fourth-order valence-electron chi connectivity index (χ4n) is 2.14. The molecule has 0 aliphatic carbocycles. The van der Waals surface area contributed by atoms with E-state index in [2.05, 4.69) is 19.9 Å². The van der Waals surface area contributed by atoms with Crippen molar-refractivity contribution in [2.45, 2.75) is 85.5 Å². The summed E-state index contributed by atoms with van der Waals surface area (Å²) in [5.74, 6) is -1.09. The van der Waals surface area contributed by atoms with Crippen LogP contribution in [0.25, 0.3) is 0 Å². The number of unbranched alkanes of at least 4 members (excludes halogenated alkanes) is 6. The van der Waals surface area contributed by atoms with Gasteiger partial charge >= 0.3 is 11.9 Å². The molecule has 0 fully saturated rings. The first-order valence-corrected chi connectivity index (χ1v) is 10.6. The number of carbonyl (C=O) groups excluding carboxylic acids is 1. The van der Waals surface area contributed by atoms with Crippen molar-refractivity contribution in [3.8, 4) is 0 Å². The van der Waals surface area contributed by atoms with E-state index in [1.165, 1.54) is 44.6 Å². The van der Waals surface area contributed by atoms with Crippen molar-refractivity contribution in [2.24, 2.45) is 0 Å². The Morgan fingerprint density at radius 1 is 0.821 bits per heavy atom. The Morgan fingerprint density at radius 3 is 1.86 bits per heavy atom. The Balaban J connectivity index is 0. The van der Waals surface area contributed by atoms with Gasteiger partial charge in [0.05, 0.1) is 6.61 Å². The minimum atomic E-state index is -0.814. The predicted molar refractivity (Wildman–Crippen MR) is 118 cm³/mol. The summed E-state index contributed by atoms with van der Waals surface area (Å²) < 4.78 is 4.73. The van der Waals surface area contributed by atoms with E-state index < -0.39 is 5.97 Å². The molecule has 0 spiro atoms.